The molecule has 0 aliphatic rings. The summed E-state index contributed by atoms with van der Waals surface area (Å²) in [6, 6.07) is -0.228. The highest BCUT2D eigenvalue weighted by molar-refractivity contribution is 5.97. The average Bonchev–Trinajstić information content (AvgIpc) is 3.01. The van der Waals surface area contributed by atoms with E-state index < -0.39 is 0 Å². The number of aryl methyl sites for hydroxylation is 1. The molecular weight excluding hydrogens is 244 g/mol. The zero-order chi connectivity index (χ0) is 13.8. The van der Waals surface area contributed by atoms with Crippen molar-refractivity contribution in [3.63, 3.8) is 0 Å². The first-order valence-electron chi connectivity index (χ1n) is 6.26. The van der Waals surface area contributed by atoms with Crippen molar-refractivity contribution in [2.24, 2.45) is 0 Å². The Kier molecular flexibility index (Phi) is 3.84. The number of aromatic amines is 2. The van der Waals surface area contributed by atoms with E-state index in [1.165, 1.54) is 0 Å². The standard InChI is InChI=1S/C12H18N6O/c1-3-4-8-9(13)10(18-17-8)12(19)16-7(2)11-14-5-6-15-11/h5-7H,3-4,13H2,1-2H3,(H,14,15)(H,16,19)(H,17,18). The molecule has 2 aromatic rings. The normalized spacial score (nSPS) is 12.3. The van der Waals surface area contributed by atoms with Gasteiger partial charge in [-0.1, -0.05) is 13.3 Å². The summed E-state index contributed by atoms with van der Waals surface area (Å²) in [4.78, 5) is 19.1. The van der Waals surface area contributed by atoms with Crippen LogP contribution >= 0.6 is 0 Å². The molecule has 19 heavy (non-hydrogen) atoms. The molecule has 0 bridgehead atoms. The Hall–Kier alpha value is -2.31. The Labute approximate surface area is 111 Å². The lowest BCUT2D eigenvalue weighted by Gasteiger charge is -2.10. The maximum Gasteiger partial charge on any atom is 0.274 e. The topological polar surface area (TPSA) is 112 Å². The number of carbonyl (C=O) groups is 1. The number of nitrogens with zero attached hydrogens (tertiary/aromatic N) is 2. The van der Waals surface area contributed by atoms with Crippen LogP contribution in [0.3, 0.4) is 0 Å². The van der Waals surface area contributed by atoms with Crippen molar-refractivity contribution < 1.29 is 4.79 Å². The monoisotopic (exact) mass is 262 g/mol. The molecule has 1 unspecified atom stereocenters. The van der Waals surface area contributed by atoms with E-state index in [4.69, 9.17) is 5.73 Å². The average molecular weight is 262 g/mol. The third kappa shape index (κ3) is 2.75. The van der Waals surface area contributed by atoms with Crippen LogP contribution in [0, 0.1) is 0 Å². The molecule has 0 spiro atoms. The molecule has 0 aliphatic carbocycles. The second-order valence-electron chi connectivity index (χ2n) is 4.38. The first kappa shape index (κ1) is 13.1. The van der Waals surface area contributed by atoms with E-state index >= 15 is 0 Å². The van der Waals surface area contributed by atoms with Gasteiger partial charge in [-0.25, -0.2) is 4.98 Å². The maximum absolute atomic E-state index is 12.1. The minimum atomic E-state index is -0.306. The highest BCUT2D eigenvalue weighted by Gasteiger charge is 2.19. The van der Waals surface area contributed by atoms with Gasteiger partial charge in [0.25, 0.3) is 5.91 Å². The van der Waals surface area contributed by atoms with E-state index in [2.05, 4.69) is 25.5 Å². The number of hydrogen-bond acceptors (Lipinski definition) is 4. The van der Waals surface area contributed by atoms with Gasteiger partial charge in [0.1, 0.15) is 5.82 Å². The lowest BCUT2D eigenvalue weighted by Crippen LogP contribution is -2.28. The summed E-state index contributed by atoms with van der Waals surface area (Å²) in [6.07, 6.45) is 5.07. The second kappa shape index (κ2) is 5.55. The minimum Gasteiger partial charge on any atom is -0.395 e. The summed E-state index contributed by atoms with van der Waals surface area (Å²) in [7, 11) is 0. The molecule has 102 valence electrons. The number of H-pyrrole nitrogens is 2. The van der Waals surface area contributed by atoms with Gasteiger partial charge in [0.15, 0.2) is 5.69 Å². The maximum atomic E-state index is 12.1. The summed E-state index contributed by atoms with van der Waals surface area (Å²) < 4.78 is 0. The zero-order valence-electron chi connectivity index (χ0n) is 11.0. The number of aromatic nitrogens is 4. The SMILES string of the molecule is CCCc1[nH]nc(C(=O)NC(C)c2ncc[nH]2)c1N. The molecule has 0 saturated carbocycles. The Morgan fingerprint density at radius 1 is 1.58 bits per heavy atom. The summed E-state index contributed by atoms with van der Waals surface area (Å²) in [5.41, 5.74) is 7.37. The molecule has 7 heteroatoms. The van der Waals surface area contributed by atoms with E-state index in [0.717, 1.165) is 18.5 Å². The fourth-order valence-electron chi connectivity index (χ4n) is 1.85. The van der Waals surface area contributed by atoms with Gasteiger partial charge in [0, 0.05) is 12.4 Å². The molecule has 5 N–H and O–H groups in total. The molecule has 2 heterocycles. The summed E-state index contributed by atoms with van der Waals surface area (Å²) >= 11 is 0. The summed E-state index contributed by atoms with van der Waals surface area (Å²) in [5.74, 6) is 0.385. The number of nitrogens with one attached hydrogen (secondary N) is 3. The fraction of sp³-hybridized carbons (Fsp3) is 0.417. The van der Waals surface area contributed by atoms with E-state index in [1.807, 2.05) is 13.8 Å². The lowest BCUT2D eigenvalue weighted by atomic mass is 10.2. The van der Waals surface area contributed by atoms with Crippen LogP contribution in [0.25, 0.3) is 0 Å². The first-order chi connectivity index (χ1) is 9.13. The van der Waals surface area contributed by atoms with Gasteiger partial charge in [-0.15, -0.1) is 0 Å². The smallest absolute Gasteiger partial charge is 0.274 e. The number of rotatable bonds is 5. The lowest BCUT2D eigenvalue weighted by molar-refractivity contribution is 0.0934. The molecule has 0 aromatic carbocycles. The third-order valence-electron chi connectivity index (χ3n) is 2.88. The van der Waals surface area contributed by atoms with Crippen molar-refractivity contribution in [1.29, 1.82) is 0 Å². The van der Waals surface area contributed by atoms with Crippen LogP contribution in [-0.2, 0) is 6.42 Å². The highest BCUT2D eigenvalue weighted by Crippen LogP contribution is 2.16. The first-order valence-corrected chi connectivity index (χ1v) is 6.26. The molecule has 0 fully saturated rings. The minimum absolute atomic E-state index is 0.228. The van der Waals surface area contributed by atoms with Crippen LogP contribution < -0.4 is 11.1 Å². The molecule has 0 aliphatic heterocycles. The van der Waals surface area contributed by atoms with Crippen molar-refractivity contribution in [1.82, 2.24) is 25.5 Å². The quantitative estimate of drug-likeness (QED) is 0.647. The van der Waals surface area contributed by atoms with Gasteiger partial charge in [-0.2, -0.15) is 5.10 Å². The second-order valence-corrected chi connectivity index (χ2v) is 4.38. The summed E-state index contributed by atoms with van der Waals surface area (Å²) in [5, 5.41) is 9.58. The Balaban J connectivity index is 2.08. The molecule has 0 saturated heterocycles. The van der Waals surface area contributed by atoms with Crippen LogP contribution in [0.4, 0.5) is 5.69 Å². The van der Waals surface area contributed by atoms with Gasteiger partial charge < -0.3 is 16.0 Å². The molecule has 0 radical (unpaired) electrons. The van der Waals surface area contributed by atoms with Crippen molar-refractivity contribution in [2.75, 3.05) is 5.73 Å². The molecule has 2 rings (SSSR count). The number of hydrogen-bond donors (Lipinski definition) is 4. The van der Waals surface area contributed by atoms with Crippen LogP contribution in [0.1, 0.15) is 48.3 Å². The van der Waals surface area contributed by atoms with Gasteiger partial charge in [0.2, 0.25) is 0 Å². The zero-order valence-corrected chi connectivity index (χ0v) is 11.0. The summed E-state index contributed by atoms with van der Waals surface area (Å²) in [6.45, 7) is 3.88. The van der Waals surface area contributed by atoms with Crippen molar-refractivity contribution >= 4 is 11.6 Å². The fourth-order valence-corrected chi connectivity index (χ4v) is 1.85. The molecule has 7 nitrogen and oxygen atoms in total. The number of nitrogens with two attached hydrogens (primary N) is 1. The molecular formula is C12H18N6O. The number of nitrogen functional groups attached to an aromatic ring is 1. The van der Waals surface area contributed by atoms with Crippen LogP contribution in [-0.4, -0.2) is 26.1 Å². The van der Waals surface area contributed by atoms with E-state index in [9.17, 15) is 4.79 Å². The number of amides is 1. The Morgan fingerprint density at radius 3 is 3.00 bits per heavy atom. The van der Waals surface area contributed by atoms with Gasteiger partial charge in [0.05, 0.1) is 17.4 Å². The third-order valence-corrected chi connectivity index (χ3v) is 2.88. The highest BCUT2D eigenvalue weighted by atomic mass is 16.2. The largest absolute Gasteiger partial charge is 0.395 e. The predicted molar refractivity (Wildman–Crippen MR) is 71.5 cm³/mol. The Bertz CT molecular complexity index is 545. The van der Waals surface area contributed by atoms with Crippen molar-refractivity contribution in [3.05, 3.63) is 29.6 Å². The van der Waals surface area contributed by atoms with Crippen molar-refractivity contribution in [2.45, 2.75) is 32.7 Å². The molecule has 1 atom stereocenters. The molecule has 2 aromatic heterocycles. The van der Waals surface area contributed by atoms with Crippen molar-refractivity contribution in [3.8, 4) is 0 Å². The van der Waals surface area contributed by atoms with Crippen LogP contribution in [0.5, 0.6) is 0 Å². The number of carbonyl (C=O) groups excluding carboxylic acids is 1. The van der Waals surface area contributed by atoms with Crippen LogP contribution in [0.2, 0.25) is 0 Å². The van der Waals surface area contributed by atoms with E-state index in [0.29, 0.717) is 11.5 Å². The Morgan fingerprint density at radius 2 is 2.37 bits per heavy atom. The molecule has 1 amide bonds. The van der Waals surface area contributed by atoms with Crippen LogP contribution in [0.15, 0.2) is 12.4 Å². The van der Waals surface area contributed by atoms with E-state index in [1.54, 1.807) is 12.4 Å². The number of imidazole rings is 1. The van der Waals surface area contributed by atoms with Gasteiger partial charge in [-0.3, -0.25) is 9.89 Å². The van der Waals surface area contributed by atoms with E-state index in [-0.39, 0.29) is 17.6 Å². The number of anilines is 1. The van der Waals surface area contributed by atoms with Gasteiger partial charge >= 0.3 is 0 Å². The van der Waals surface area contributed by atoms with Gasteiger partial charge in [-0.05, 0) is 13.3 Å². The predicted octanol–water partition coefficient (Wildman–Crippen LogP) is 1.16.